The minimum absolute atomic E-state index is 0.0517. The van der Waals surface area contributed by atoms with Gasteiger partial charge < -0.3 is 9.84 Å². The molecule has 0 unspecified atom stereocenters. The van der Waals surface area contributed by atoms with E-state index in [-0.39, 0.29) is 12.5 Å². The Kier molecular flexibility index (Phi) is 4.29. The molecule has 3 rings (SSSR count). The van der Waals surface area contributed by atoms with Crippen molar-refractivity contribution in [1.82, 2.24) is 15.5 Å². The fourth-order valence-electron chi connectivity index (χ4n) is 1.95. The van der Waals surface area contributed by atoms with Gasteiger partial charge in [-0.15, -0.1) is 11.3 Å². The van der Waals surface area contributed by atoms with Crippen molar-refractivity contribution in [2.24, 2.45) is 0 Å². The van der Waals surface area contributed by atoms with Gasteiger partial charge in [0.15, 0.2) is 5.82 Å². The average Bonchev–Trinajstić information content (AvgIpc) is 3.17. The molecule has 5 nitrogen and oxygen atoms in total. The lowest BCUT2D eigenvalue weighted by Gasteiger charge is -2.00. The van der Waals surface area contributed by atoms with Crippen LogP contribution in [-0.4, -0.2) is 16.0 Å². The van der Waals surface area contributed by atoms with Crippen molar-refractivity contribution in [3.8, 4) is 11.5 Å². The van der Waals surface area contributed by atoms with Crippen LogP contribution >= 0.6 is 11.3 Å². The van der Waals surface area contributed by atoms with Gasteiger partial charge in [-0.1, -0.05) is 28.9 Å². The Bertz CT molecular complexity index is 748. The second kappa shape index (κ2) is 6.53. The van der Waals surface area contributed by atoms with E-state index in [9.17, 15) is 4.79 Å². The molecule has 6 heteroatoms. The van der Waals surface area contributed by atoms with Crippen LogP contribution < -0.4 is 5.32 Å². The Balaban J connectivity index is 1.57. The lowest BCUT2D eigenvalue weighted by atomic mass is 10.1. The highest BCUT2D eigenvalue weighted by molar-refractivity contribution is 7.10. The number of rotatable bonds is 5. The second-order valence-electron chi connectivity index (χ2n) is 4.91. The van der Waals surface area contributed by atoms with Crippen molar-refractivity contribution in [3.05, 3.63) is 58.0 Å². The molecule has 0 radical (unpaired) electrons. The van der Waals surface area contributed by atoms with Gasteiger partial charge in [-0.3, -0.25) is 4.79 Å². The summed E-state index contributed by atoms with van der Waals surface area (Å²) in [6.45, 7) is 2.28. The van der Waals surface area contributed by atoms with Crippen LogP contribution in [0.25, 0.3) is 11.5 Å². The summed E-state index contributed by atoms with van der Waals surface area (Å²) >= 11 is 1.56. The Morgan fingerprint density at radius 1 is 1.27 bits per heavy atom. The highest BCUT2D eigenvalue weighted by Crippen LogP contribution is 2.17. The molecule has 112 valence electrons. The monoisotopic (exact) mass is 313 g/mol. The Hall–Kier alpha value is -2.47. The molecule has 1 N–H and O–H groups in total. The normalized spacial score (nSPS) is 10.6. The van der Waals surface area contributed by atoms with Crippen LogP contribution in [0.2, 0.25) is 0 Å². The van der Waals surface area contributed by atoms with Gasteiger partial charge in [-0.2, -0.15) is 4.98 Å². The standard InChI is InChI=1S/C16H15N3O2S/c1-11-4-6-12(7-5-11)16-18-14(19-21-16)10-17-15(20)9-13-3-2-8-22-13/h2-8H,9-10H2,1H3,(H,17,20). The van der Waals surface area contributed by atoms with Crippen LogP contribution in [-0.2, 0) is 17.8 Å². The number of hydrogen-bond donors (Lipinski definition) is 1. The van der Waals surface area contributed by atoms with E-state index in [4.69, 9.17) is 4.52 Å². The first-order valence-electron chi connectivity index (χ1n) is 6.89. The zero-order valence-electron chi connectivity index (χ0n) is 12.1. The SMILES string of the molecule is Cc1ccc(-c2nc(CNC(=O)Cc3cccs3)no2)cc1. The number of aryl methyl sites for hydroxylation is 1. The van der Waals surface area contributed by atoms with Crippen molar-refractivity contribution in [3.63, 3.8) is 0 Å². The number of benzene rings is 1. The number of nitrogens with zero attached hydrogens (tertiary/aromatic N) is 2. The molecule has 0 atom stereocenters. The number of thiophene rings is 1. The van der Waals surface area contributed by atoms with E-state index < -0.39 is 0 Å². The molecule has 2 aromatic heterocycles. The highest BCUT2D eigenvalue weighted by Gasteiger charge is 2.10. The van der Waals surface area contributed by atoms with Crippen LogP contribution in [0.1, 0.15) is 16.3 Å². The van der Waals surface area contributed by atoms with Gasteiger partial charge in [0.25, 0.3) is 5.89 Å². The molecule has 2 heterocycles. The van der Waals surface area contributed by atoms with Crippen LogP contribution in [0.15, 0.2) is 46.3 Å². The molecular formula is C16H15N3O2S. The third kappa shape index (κ3) is 3.59. The molecule has 0 bridgehead atoms. The summed E-state index contributed by atoms with van der Waals surface area (Å²) in [5.74, 6) is 0.877. The van der Waals surface area contributed by atoms with Gasteiger partial charge in [0.1, 0.15) is 0 Å². The van der Waals surface area contributed by atoms with E-state index in [0.29, 0.717) is 18.1 Å². The molecular weight excluding hydrogens is 298 g/mol. The molecule has 1 aromatic carbocycles. The topological polar surface area (TPSA) is 68.0 Å². The van der Waals surface area contributed by atoms with E-state index in [2.05, 4.69) is 15.5 Å². The molecule has 0 spiro atoms. The number of aromatic nitrogens is 2. The maximum absolute atomic E-state index is 11.8. The van der Waals surface area contributed by atoms with Crippen molar-refractivity contribution in [2.75, 3.05) is 0 Å². The first kappa shape index (κ1) is 14.5. The summed E-state index contributed by atoms with van der Waals surface area (Å²) in [6.07, 6.45) is 0.375. The summed E-state index contributed by atoms with van der Waals surface area (Å²) < 4.78 is 5.22. The quantitative estimate of drug-likeness (QED) is 0.786. The fourth-order valence-corrected chi connectivity index (χ4v) is 2.65. The first-order valence-corrected chi connectivity index (χ1v) is 7.77. The first-order chi connectivity index (χ1) is 10.7. The number of nitrogens with one attached hydrogen (secondary N) is 1. The van der Waals surface area contributed by atoms with E-state index in [1.165, 1.54) is 5.56 Å². The number of hydrogen-bond acceptors (Lipinski definition) is 5. The Morgan fingerprint density at radius 3 is 2.82 bits per heavy atom. The van der Waals surface area contributed by atoms with Crippen molar-refractivity contribution in [2.45, 2.75) is 19.9 Å². The molecule has 0 aliphatic rings. The minimum Gasteiger partial charge on any atom is -0.348 e. The van der Waals surface area contributed by atoms with Crippen LogP contribution in [0.5, 0.6) is 0 Å². The fraction of sp³-hybridized carbons (Fsp3) is 0.188. The largest absolute Gasteiger partial charge is 0.348 e. The van der Waals surface area contributed by atoms with Crippen LogP contribution in [0, 0.1) is 6.92 Å². The van der Waals surface area contributed by atoms with Gasteiger partial charge >= 0.3 is 0 Å². The second-order valence-corrected chi connectivity index (χ2v) is 5.95. The highest BCUT2D eigenvalue weighted by atomic mass is 32.1. The van der Waals surface area contributed by atoms with Crippen molar-refractivity contribution >= 4 is 17.2 Å². The number of carbonyl (C=O) groups is 1. The third-order valence-corrected chi connectivity index (χ3v) is 4.00. The average molecular weight is 313 g/mol. The van der Waals surface area contributed by atoms with E-state index in [1.54, 1.807) is 11.3 Å². The van der Waals surface area contributed by atoms with E-state index in [0.717, 1.165) is 10.4 Å². The number of carbonyl (C=O) groups excluding carboxylic acids is 1. The van der Waals surface area contributed by atoms with Crippen molar-refractivity contribution in [1.29, 1.82) is 0 Å². The summed E-state index contributed by atoms with van der Waals surface area (Å²) in [5, 5.41) is 8.63. The zero-order chi connectivity index (χ0) is 15.4. The molecule has 1 amide bonds. The van der Waals surface area contributed by atoms with Gasteiger partial charge in [0.05, 0.1) is 13.0 Å². The smallest absolute Gasteiger partial charge is 0.257 e. The minimum atomic E-state index is -0.0517. The van der Waals surface area contributed by atoms with Gasteiger partial charge in [0, 0.05) is 10.4 Å². The van der Waals surface area contributed by atoms with Crippen LogP contribution in [0.4, 0.5) is 0 Å². The summed E-state index contributed by atoms with van der Waals surface area (Å²) in [6, 6.07) is 11.7. The Morgan fingerprint density at radius 2 is 2.09 bits per heavy atom. The summed E-state index contributed by atoms with van der Waals surface area (Å²) in [4.78, 5) is 17.1. The summed E-state index contributed by atoms with van der Waals surface area (Å²) in [5.41, 5.74) is 2.04. The van der Waals surface area contributed by atoms with Gasteiger partial charge in [-0.05, 0) is 30.5 Å². The zero-order valence-corrected chi connectivity index (χ0v) is 12.9. The van der Waals surface area contributed by atoms with Gasteiger partial charge in [0.2, 0.25) is 5.91 Å². The number of amides is 1. The lowest BCUT2D eigenvalue weighted by molar-refractivity contribution is -0.120. The molecule has 22 heavy (non-hydrogen) atoms. The van der Waals surface area contributed by atoms with E-state index >= 15 is 0 Å². The lowest BCUT2D eigenvalue weighted by Crippen LogP contribution is -2.24. The third-order valence-electron chi connectivity index (χ3n) is 3.13. The Labute approximate surface area is 132 Å². The molecule has 0 fully saturated rings. The van der Waals surface area contributed by atoms with Gasteiger partial charge in [-0.25, -0.2) is 0 Å². The maximum atomic E-state index is 11.8. The van der Waals surface area contributed by atoms with E-state index in [1.807, 2.05) is 48.7 Å². The molecule has 0 saturated heterocycles. The molecule has 0 saturated carbocycles. The molecule has 3 aromatic rings. The molecule has 0 aliphatic heterocycles. The maximum Gasteiger partial charge on any atom is 0.257 e. The predicted molar refractivity (Wildman–Crippen MR) is 84.3 cm³/mol. The molecule has 0 aliphatic carbocycles. The van der Waals surface area contributed by atoms with Crippen LogP contribution in [0.3, 0.4) is 0 Å². The summed E-state index contributed by atoms with van der Waals surface area (Å²) in [7, 11) is 0. The predicted octanol–water partition coefficient (Wildman–Crippen LogP) is 2.97. The van der Waals surface area contributed by atoms with Crippen molar-refractivity contribution < 1.29 is 9.32 Å².